The normalized spacial score (nSPS) is 35.7. The molecule has 0 saturated carbocycles. The molecule has 1 aliphatic heterocycles. The minimum Gasteiger partial charge on any atom is -0.394 e. The van der Waals surface area contributed by atoms with Crippen LogP contribution in [0, 0.1) is 0 Å². The molecular weight excluding hydrogens is 196 g/mol. The number of benzene rings is 1. The molecule has 1 aromatic carbocycles. The Hall–Kier alpha value is -0.940. The fourth-order valence-corrected chi connectivity index (χ4v) is 1.82. The Balaban J connectivity index is 2.19. The maximum atomic E-state index is 9.73. The summed E-state index contributed by atoms with van der Waals surface area (Å²) in [6.45, 7) is -0.290. The minimum absolute atomic E-state index is 0.290. The van der Waals surface area contributed by atoms with E-state index in [4.69, 9.17) is 9.84 Å². The molecule has 0 spiro atoms. The molecule has 0 bridgehead atoms. The van der Waals surface area contributed by atoms with Gasteiger partial charge in [-0.2, -0.15) is 0 Å². The first-order chi connectivity index (χ1) is 7.24. The lowest BCUT2D eigenvalue weighted by Gasteiger charge is -2.14. The summed E-state index contributed by atoms with van der Waals surface area (Å²) < 4.78 is 5.37. The fourth-order valence-electron chi connectivity index (χ4n) is 1.82. The van der Waals surface area contributed by atoms with Gasteiger partial charge in [0.15, 0.2) is 0 Å². The summed E-state index contributed by atoms with van der Waals surface area (Å²) in [6.07, 6.45) is -3.27. The standard InChI is InChI=1S/C11H14O4/c12-6-8-9(13)10(14)11(15-8)7-4-2-1-3-5-7/h1-5,8-14H,6H2/t8-,9-,10-,11?/m1/s1. The zero-order chi connectivity index (χ0) is 10.8. The van der Waals surface area contributed by atoms with Gasteiger partial charge in [0.25, 0.3) is 0 Å². The smallest absolute Gasteiger partial charge is 0.113 e. The lowest BCUT2D eigenvalue weighted by molar-refractivity contribution is -0.0227. The predicted octanol–water partition coefficient (Wildman–Crippen LogP) is -0.159. The summed E-state index contributed by atoms with van der Waals surface area (Å²) >= 11 is 0. The SMILES string of the molecule is OC[C@H]1OC(c2ccccc2)[C@H](O)[C@@H]1O. The van der Waals surface area contributed by atoms with Gasteiger partial charge in [-0.05, 0) is 5.56 Å². The molecule has 15 heavy (non-hydrogen) atoms. The number of hydrogen-bond acceptors (Lipinski definition) is 4. The van der Waals surface area contributed by atoms with E-state index in [2.05, 4.69) is 0 Å². The largest absolute Gasteiger partial charge is 0.394 e. The lowest BCUT2D eigenvalue weighted by Crippen LogP contribution is -2.32. The monoisotopic (exact) mass is 210 g/mol. The van der Waals surface area contributed by atoms with E-state index in [1.165, 1.54) is 0 Å². The Bertz CT molecular complexity index is 314. The quantitative estimate of drug-likeness (QED) is 0.634. The third-order valence-electron chi connectivity index (χ3n) is 2.67. The van der Waals surface area contributed by atoms with E-state index in [0.717, 1.165) is 5.56 Å². The van der Waals surface area contributed by atoms with Crippen LogP contribution in [0.15, 0.2) is 30.3 Å². The third kappa shape index (κ3) is 1.89. The molecule has 1 aliphatic rings. The van der Waals surface area contributed by atoms with Crippen molar-refractivity contribution >= 4 is 0 Å². The zero-order valence-electron chi connectivity index (χ0n) is 8.15. The Morgan fingerprint density at radius 1 is 1.07 bits per heavy atom. The van der Waals surface area contributed by atoms with Crippen molar-refractivity contribution < 1.29 is 20.1 Å². The van der Waals surface area contributed by atoms with E-state index in [1.54, 1.807) is 0 Å². The van der Waals surface area contributed by atoms with E-state index in [0.29, 0.717) is 0 Å². The van der Waals surface area contributed by atoms with E-state index in [9.17, 15) is 10.2 Å². The van der Waals surface area contributed by atoms with Gasteiger partial charge in [0, 0.05) is 0 Å². The van der Waals surface area contributed by atoms with Crippen LogP contribution in [0.5, 0.6) is 0 Å². The van der Waals surface area contributed by atoms with E-state index >= 15 is 0 Å². The van der Waals surface area contributed by atoms with Crippen LogP contribution in [0.4, 0.5) is 0 Å². The minimum atomic E-state index is -1.03. The highest BCUT2D eigenvalue weighted by atomic mass is 16.6. The van der Waals surface area contributed by atoms with Crippen LogP contribution in [0.1, 0.15) is 11.7 Å². The first-order valence-corrected chi connectivity index (χ1v) is 4.91. The first kappa shape index (κ1) is 10.6. The van der Waals surface area contributed by atoms with E-state index < -0.39 is 24.4 Å². The Labute approximate surface area is 87.7 Å². The van der Waals surface area contributed by atoms with E-state index in [-0.39, 0.29) is 6.61 Å². The lowest BCUT2D eigenvalue weighted by atomic mass is 10.0. The molecule has 82 valence electrons. The molecule has 4 heteroatoms. The van der Waals surface area contributed by atoms with Crippen LogP contribution in [0.3, 0.4) is 0 Å². The molecule has 1 unspecified atom stereocenters. The molecule has 4 atom stereocenters. The molecular formula is C11H14O4. The van der Waals surface area contributed by atoms with Crippen LogP contribution in [0.2, 0.25) is 0 Å². The van der Waals surface area contributed by atoms with Crippen LogP contribution < -0.4 is 0 Å². The van der Waals surface area contributed by atoms with Crippen molar-refractivity contribution in [3.63, 3.8) is 0 Å². The van der Waals surface area contributed by atoms with Crippen LogP contribution in [-0.2, 0) is 4.74 Å². The van der Waals surface area contributed by atoms with Crippen molar-refractivity contribution in [2.75, 3.05) is 6.61 Å². The van der Waals surface area contributed by atoms with E-state index in [1.807, 2.05) is 30.3 Å². The van der Waals surface area contributed by atoms with Gasteiger partial charge in [-0.3, -0.25) is 0 Å². The molecule has 4 nitrogen and oxygen atoms in total. The highest BCUT2D eigenvalue weighted by molar-refractivity contribution is 5.20. The first-order valence-electron chi connectivity index (χ1n) is 4.91. The Morgan fingerprint density at radius 2 is 1.73 bits per heavy atom. The second-order valence-electron chi connectivity index (χ2n) is 3.67. The van der Waals surface area contributed by atoms with Gasteiger partial charge in [0.1, 0.15) is 24.4 Å². The Morgan fingerprint density at radius 3 is 2.27 bits per heavy atom. The average molecular weight is 210 g/mol. The van der Waals surface area contributed by atoms with Gasteiger partial charge in [-0.1, -0.05) is 30.3 Å². The van der Waals surface area contributed by atoms with Crippen molar-refractivity contribution in [2.24, 2.45) is 0 Å². The molecule has 2 rings (SSSR count). The number of ether oxygens (including phenoxy) is 1. The highest BCUT2D eigenvalue weighted by Crippen LogP contribution is 2.32. The molecule has 0 aromatic heterocycles. The van der Waals surface area contributed by atoms with Crippen molar-refractivity contribution in [3.8, 4) is 0 Å². The molecule has 1 fully saturated rings. The molecule has 0 radical (unpaired) electrons. The topological polar surface area (TPSA) is 69.9 Å². The summed E-state index contributed by atoms with van der Waals surface area (Å²) in [7, 11) is 0. The third-order valence-corrected chi connectivity index (χ3v) is 2.67. The van der Waals surface area contributed by atoms with Crippen LogP contribution in [0.25, 0.3) is 0 Å². The van der Waals surface area contributed by atoms with Gasteiger partial charge >= 0.3 is 0 Å². The average Bonchev–Trinajstić information content (AvgIpc) is 2.57. The summed E-state index contributed by atoms with van der Waals surface area (Å²) in [5.41, 5.74) is 0.806. The zero-order valence-corrected chi connectivity index (χ0v) is 8.15. The van der Waals surface area contributed by atoms with Crippen molar-refractivity contribution in [2.45, 2.75) is 24.4 Å². The van der Waals surface area contributed by atoms with Gasteiger partial charge in [-0.15, -0.1) is 0 Å². The second-order valence-corrected chi connectivity index (χ2v) is 3.67. The molecule has 1 saturated heterocycles. The molecule has 0 aliphatic carbocycles. The number of rotatable bonds is 2. The summed E-state index contributed by atoms with van der Waals surface area (Å²) in [6, 6.07) is 9.18. The summed E-state index contributed by atoms with van der Waals surface area (Å²) in [4.78, 5) is 0. The van der Waals surface area contributed by atoms with Crippen molar-refractivity contribution in [3.05, 3.63) is 35.9 Å². The summed E-state index contributed by atoms with van der Waals surface area (Å²) in [5, 5.41) is 28.2. The van der Waals surface area contributed by atoms with Crippen molar-refractivity contribution in [1.82, 2.24) is 0 Å². The predicted molar refractivity (Wildman–Crippen MR) is 53.2 cm³/mol. The van der Waals surface area contributed by atoms with Gasteiger partial charge in [-0.25, -0.2) is 0 Å². The second kappa shape index (κ2) is 4.28. The highest BCUT2D eigenvalue weighted by Gasteiger charge is 2.42. The maximum absolute atomic E-state index is 9.73. The summed E-state index contributed by atoms with van der Waals surface area (Å²) in [5.74, 6) is 0. The number of aliphatic hydroxyl groups excluding tert-OH is 3. The number of hydrogen-bond donors (Lipinski definition) is 3. The molecule has 3 N–H and O–H groups in total. The van der Waals surface area contributed by atoms with Crippen molar-refractivity contribution in [1.29, 1.82) is 0 Å². The maximum Gasteiger partial charge on any atom is 0.113 e. The number of aliphatic hydroxyl groups is 3. The Kier molecular flexibility index (Phi) is 3.02. The molecule has 1 aromatic rings. The van der Waals surface area contributed by atoms with Gasteiger partial charge < -0.3 is 20.1 Å². The fraction of sp³-hybridized carbons (Fsp3) is 0.455. The van der Waals surface area contributed by atoms with Gasteiger partial charge in [0.05, 0.1) is 6.61 Å². The van der Waals surface area contributed by atoms with Crippen LogP contribution >= 0.6 is 0 Å². The van der Waals surface area contributed by atoms with Crippen LogP contribution in [-0.4, -0.2) is 40.2 Å². The van der Waals surface area contributed by atoms with Gasteiger partial charge in [0.2, 0.25) is 0 Å². The molecule has 0 amide bonds. The molecule has 1 heterocycles.